The van der Waals surface area contributed by atoms with Gasteiger partial charge in [-0.2, -0.15) is 13.8 Å². The van der Waals surface area contributed by atoms with Crippen molar-refractivity contribution in [3.05, 3.63) is 53.6 Å². The Labute approximate surface area is 153 Å². The van der Waals surface area contributed by atoms with E-state index in [1.807, 2.05) is 12.1 Å². The molecule has 0 aliphatic heterocycles. The SMILES string of the molecule is CCCCCC1CCC(c2ccc(-c3cc(F)c(F)nc3F)cc2)CC1. The van der Waals surface area contributed by atoms with E-state index in [1.165, 1.54) is 56.9 Å². The van der Waals surface area contributed by atoms with E-state index in [2.05, 4.69) is 11.9 Å². The van der Waals surface area contributed by atoms with Crippen molar-refractivity contribution in [3.63, 3.8) is 0 Å². The Morgan fingerprint density at radius 1 is 0.923 bits per heavy atom. The molecule has 1 aromatic heterocycles. The summed E-state index contributed by atoms with van der Waals surface area (Å²) in [6.45, 7) is 2.24. The maximum Gasteiger partial charge on any atom is 0.251 e. The summed E-state index contributed by atoms with van der Waals surface area (Å²) in [6, 6.07) is 8.39. The van der Waals surface area contributed by atoms with E-state index in [9.17, 15) is 13.2 Å². The standard InChI is InChI=1S/C22H26F3N/c1-2-3-4-5-15-6-8-16(9-7-15)17-10-12-18(13-11-17)19-14-20(23)22(25)26-21(19)24/h10-16H,2-9H2,1H3. The molecule has 3 rings (SSSR count). The average Bonchev–Trinajstić information content (AvgIpc) is 2.66. The van der Waals surface area contributed by atoms with Crippen LogP contribution in [0.15, 0.2) is 30.3 Å². The second-order valence-corrected chi connectivity index (χ2v) is 7.43. The maximum atomic E-state index is 13.8. The molecule has 1 aliphatic rings. The average molecular weight is 361 g/mol. The fourth-order valence-corrected chi connectivity index (χ4v) is 4.05. The van der Waals surface area contributed by atoms with Crippen LogP contribution >= 0.6 is 0 Å². The van der Waals surface area contributed by atoms with Gasteiger partial charge in [0.05, 0.1) is 0 Å². The lowest BCUT2D eigenvalue weighted by Crippen LogP contribution is -2.13. The first kappa shape index (κ1) is 18.9. The molecule has 0 radical (unpaired) electrons. The predicted octanol–water partition coefficient (Wildman–Crippen LogP) is 7.02. The van der Waals surface area contributed by atoms with Crippen molar-refractivity contribution >= 4 is 0 Å². The third-order valence-corrected chi connectivity index (χ3v) is 5.64. The first-order valence-corrected chi connectivity index (χ1v) is 9.70. The van der Waals surface area contributed by atoms with Crippen LogP contribution in [0.4, 0.5) is 13.2 Å². The van der Waals surface area contributed by atoms with Crippen LogP contribution in [-0.4, -0.2) is 4.98 Å². The zero-order valence-corrected chi connectivity index (χ0v) is 15.3. The summed E-state index contributed by atoms with van der Waals surface area (Å²) >= 11 is 0. The van der Waals surface area contributed by atoms with Crippen LogP contribution in [0.5, 0.6) is 0 Å². The molecule has 0 unspecified atom stereocenters. The topological polar surface area (TPSA) is 12.9 Å². The lowest BCUT2D eigenvalue weighted by molar-refractivity contribution is 0.303. The van der Waals surface area contributed by atoms with E-state index in [-0.39, 0.29) is 5.56 Å². The summed E-state index contributed by atoms with van der Waals surface area (Å²) in [6.07, 6.45) is 10.2. The molecule has 0 atom stereocenters. The highest BCUT2D eigenvalue weighted by molar-refractivity contribution is 5.63. The van der Waals surface area contributed by atoms with Crippen LogP contribution in [0.2, 0.25) is 0 Å². The van der Waals surface area contributed by atoms with Gasteiger partial charge < -0.3 is 0 Å². The molecule has 26 heavy (non-hydrogen) atoms. The molecule has 1 aliphatic carbocycles. The molecule has 140 valence electrons. The van der Waals surface area contributed by atoms with Gasteiger partial charge in [0.25, 0.3) is 5.95 Å². The van der Waals surface area contributed by atoms with Crippen molar-refractivity contribution in [1.82, 2.24) is 4.98 Å². The zero-order chi connectivity index (χ0) is 18.5. The Morgan fingerprint density at radius 3 is 2.27 bits per heavy atom. The quantitative estimate of drug-likeness (QED) is 0.398. The van der Waals surface area contributed by atoms with Crippen LogP contribution in [0, 0.1) is 23.6 Å². The molecule has 0 N–H and O–H groups in total. The van der Waals surface area contributed by atoms with Crippen molar-refractivity contribution in [2.45, 2.75) is 64.2 Å². The van der Waals surface area contributed by atoms with Gasteiger partial charge in [0.2, 0.25) is 5.95 Å². The number of halogens is 3. The van der Waals surface area contributed by atoms with Crippen molar-refractivity contribution in [2.24, 2.45) is 5.92 Å². The molecule has 1 fully saturated rings. The molecular weight excluding hydrogens is 335 g/mol. The summed E-state index contributed by atoms with van der Waals surface area (Å²) in [5.41, 5.74) is 1.76. The molecule has 0 bridgehead atoms. The number of hydrogen-bond acceptors (Lipinski definition) is 1. The van der Waals surface area contributed by atoms with Gasteiger partial charge in [-0.3, -0.25) is 0 Å². The first-order valence-electron chi connectivity index (χ1n) is 9.70. The fraction of sp³-hybridized carbons (Fsp3) is 0.500. The molecule has 0 saturated heterocycles. The number of rotatable bonds is 6. The van der Waals surface area contributed by atoms with Gasteiger partial charge in [0, 0.05) is 5.56 Å². The Bertz CT molecular complexity index is 719. The number of hydrogen-bond donors (Lipinski definition) is 0. The summed E-state index contributed by atoms with van der Waals surface area (Å²) in [5, 5.41) is 0. The van der Waals surface area contributed by atoms with E-state index in [0.717, 1.165) is 12.0 Å². The first-order chi connectivity index (χ1) is 12.6. The number of benzene rings is 1. The number of nitrogens with zero attached hydrogens (tertiary/aromatic N) is 1. The minimum Gasteiger partial charge on any atom is -0.202 e. The lowest BCUT2D eigenvalue weighted by Gasteiger charge is -2.29. The number of pyridine rings is 1. The minimum atomic E-state index is -1.40. The Morgan fingerprint density at radius 2 is 1.62 bits per heavy atom. The van der Waals surface area contributed by atoms with E-state index in [4.69, 9.17) is 0 Å². The van der Waals surface area contributed by atoms with E-state index in [0.29, 0.717) is 11.5 Å². The molecule has 0 amide bonds. The predicted molar refractivity (Wildman–Crippen MR) is 98.4 cm³/mol. The van der Waals surface area contributed by atoms with Gasteiger partial charge in [0.1, 0.15) is 0 Å². The van der Waals surface area contributed by atoms with Gasteiger partial charge >= 0.3 is 0 Å². The Hall–Kier alpha value is -1.84. The van der Waals surface area contributed by atoms with Gasteiger partial charge in [-0.05, 0) is 54.7 Å². The monoisotopic (exact) mass is 361 g/mol. The highest BCUT2D eigenvalue weighted by Gasteiger charge is 2.22. The van der Waals surface area contributed by atoms with Crippen molar-refractivity contribution in [3.8, 4) is 11.1 Å². The van der Waals surface area contributed by atoms with Crippen LogP contribution in [0.25, 0.3) is 11.1 Å². The van der Waals surface area contributed by atoms with Crippen molar-refractivity contribution in [2.75, 3.05) is 0 Å². The summed E-state index contributed by atoms with van der Waals surface area (Å²) < 4.78 is 40.2. The van der Waals surface area contributed by atoms with Crippen LogP contribution in [0.1, 0.15) is 69.8 Å². The molecule has 4 heteroatoms. The van der Waals surface area contributed by atoms with E-state index >= 15 is 0 Å². The van der Waals surface area contributed by atoms with Gasteiger partial charge in [-0.15, -0.1) is 0 Å². The number of unbranched alkanes of at least 4 members (excludes halogenated alkanes) is 2. The molecule has 1 aromatic carbocycles. The van der Waals surface area contributed by atoms with E-state index < -0.39 is 17.7 Å². The molecule has 1 heterocycles. The van der Waals surface area contributed by atoms with Crippen LogP contribution < -0.4 is 0 Å². The normalized spacial score (nSPS) is 20.3. The smallest absolute Gasteiger partial charge is 0.202 e. The minimum absolute atomic E-state index is 0.00455. The highest BCUT2D eigenvalue weighted by Crippen LogP contribution is 2.38. The molecule has 1 saturated carbocycles. The number of aromatic nitrogens is 1. The zero-order valence-electron chi connectivity index (χ0n) is 15.3. The van der Waals surface area contributed by atoms with Crippen LogP contribution in [-0.2, 0) is 0 Å². The summed E-state index contributed by atoms with van der Waals surface area (Å²) in [5.74, 6) is -2.12. The van der Waals surface area contributed by atoms with Gasteiger partial charge in [-0.25, -0.2) is 4.39 Å². The fourth-order valence-electron chi connectivity index (χ4n) is 4.05. The van der Waals surface area contributed by atoms with Crippen molar-refractivity contribution < 1.29 is 13.2 Å². The van der Waals surface area contributed by atoms with Crippen molar-refractivity contribution in [1.29, 1.82) is 0 Å². The third kappa shape index (κ3) is 4.46. The molecule has 0 spiro atoms. The highest BCUT2D eigenvalue weighted by atomic mass is 19.2. The Kier molecular flexibility index (Phi) is 6.33. The molecular formula is C22H26F3N. The largest absolute Gasteiger partial charge is 0.251 e. The third-order valence-electron chi connectivity index (χ3n) is 5.64. The van der Waals surface area contributed by atoms with E-state index in [1.54, 1.807) is 12.1 Å². The maximum absolute atomic E-state index is 13.8. The summed E-state index contributed by atoms with van der Waals surface area (Å²) in [7, 11) is 0. The second kappa shape index (κ2) is 8.70. The van der Waals surface area contributed by atoms with Gasteiger partial charge in [0.15, 0.2) is 5.82 Å². The van der Waals surface area contributed by atoms with Gasteiger partial charge in [-0.1, -0.05) is 56.9 Å². The van der Waals surface area contributed by atoms with Crippen LogP contribution in [0.3, 0.4) is 0 Å². The molecule has 1 nitrogen and oxygen atoms in total. The lowest BCUT2D eigenvalue weighted by atomic mass is 9.77. The Balaban J connectivity index is 1.63. The second-order valence-electron chi connectivity index (χ2n) is 7.43. The molecule has 2 aromatic rings. The summed E-state index contributed by atoms with van der Waals surface area (Å²) in [4.78, 5) is 2.99.